The Morgan fingerprint density at radius 3 is 2.81 bits per heavy atom. The van der Waals surface area contributed by atoms with Crippen LogP contribution in [0.1, 0.15) is 18.9 Å². The van der Waals surface area contributed by atoms with Crippen LogP contribution in [-0.4, -0.2) is 25.5 Å². The Morgan fingerprint density at radius 2 is 2.31 bits per heavy atom. The summed E-state index contributed by atoms with van der Waals surface area (Å²) in [5, 5.41) is 8.05. The second kappa shape index (κ2) is 6.10. The van der Waals surface area contributed by atoms with Crippen LogP contribution >= 0.6 is 15.9 Å². The van der Waals surface area contributed by atoms with Crippen molar-refractivity contribution in [2.75, 3.05) is 0 Å². The standard InChI is InChI=1S/C10H12BrNO3S/c1-2-9(10(13)14)16(15)6-7-3-8(11)5-12-4-7/h3-5,9H,2,6H2,1H3,(H,13,14). The van der Waals surface area contributed by atoms with E-state index in [0.29, 0.717) is 6.42 Å². The maximum Gasteiger partial charge on any atom is 0.319 e. The summed E-state index contributed by atoms with van der Waals surface area (Å²) in [6.07, 6.45) is 3.58. The zero-order chi connectivity index (χ0) is 12.1. The number of rotatable bonds is 5. The second-order valence-corrected chi connectivity index (χ2v) is 5.81. The molecule has 0 saturated carbocycles. The number of hydrogen-bond acceptors (Lipinski definition) is 3. The first-order valence-corrected chi connectivity index (χ1v) is 6.91. The third-order valence-corrected chi connectivity index (χ3v) is 4.26. The van der Waals surface area contributed by atoms with Crippen LogP contribution in [0.5, 0.6) is 0 Å². The van der Waals surface area contributed by atoms with E-state index in [0.717, 1.165) is 10.0 Å². The Morgan fingerprint density at radius 1 is 1.62 bits per heavy atom. The lowest BCUT2D eigenvalue weighted by molar-refractivity contribution is -0.136. The van der Waals surface area contributed by atoms with Gasteiger partial charge in [0.05, 0.1) is 5.75 Å². The van der Waals surface area contributed by atoms with Crippen LogP contribution in [0.4, 0.5) is 0 Å². The topological polar surface area (TPSA) is 67.3 Å². The van der Waals surface area contributed by atoms with Gasteiger partial charge in [-0.2, -0.15) is 0 Å². The lowest BCUT2D eigenvalue weighted by atomic mass is 10.3. The Kier molecular flexibility index (Phi) is 5.08. The summed E-state index contributed by atoms with van der Waals surface area (Å²) in [7, 11) is -1.41. The van der Waals surface area contributed by atoms with E-state index in [9.17, 15) is 9.00 Å². The van der Waals surface area contributed by atoms with Gasteiger partial charge in [-0.05, 0) is 34.0 Å². The molecule has 0 aliphatic rings. The van der Waals surface area contributed by atoms with Gasteiger partial charge >= 0.3 is 5.97 Å². The van der Waals surface area contributed by atoms with E-state index in [1.165, 1.54) is 0 Å². The smallest absolute Gasteiger partial charge is 0.319 e. The molecule has 0 aliphatic heterocycles. The molecule has 16 heavy (non-hydrogen) atoms. The van der Waals surface area contributed by atoms with Crippen molar-refractivity contribution in [3.05, 3.63) is 28.5 Å². The molecular weight excluding hydrogens is 294 g/mol. The van der Waals surface area contributed by atoms with Crippen LogP contribution in [0.25, 0.3) is 0 Å². The number of aromatic nitrogens is 1. The van der Waals surface area contributed by atoms with Gasteiger partial charge in [-0.15, -0.1) is 0 Å². The average molecular weight is 306 g/mol. The predicted octanol–water partition coefficient (Wildman–Crippen LogP) is 1.96. The van der Waals surface area contributed by atoms with Crippen molar-refractivity contribution in [3.8, 4) is 0 Å². The number of aliphatic carboxylic acids is 1. The quantitative estimate of drug-likeness (QED) is 0.903. The van der Waals surface area contributed by atoms with Crippen molar-refractivity contribution < 1.29 is 14.1 Å². The molecule has 1 N–H and O–H groups in total. The first kappa shape index (κ1) is 13.3. The minimum atomic E-state index is -1.41. The van der Waals surface area contributed by atoms with Gasteiger partial charge in [-0.3, -0.25) is 14.0 Å². The normalized spacial score (nSPS) is 14.4. The Balaban J connectivity index is 2.74. The second-order valence-electron chi connectivity index (χ2n) is 3.27. The zero-order valence-corrected chi connectivity index (χ0v) is 11.1. The van der Waals surface area contributed by atoms with Gasteiger partial charge in [-0.25, -0.2) is 0 Å². The number of carboxylic acids is 1. The summed E-state index contributed by atoms with van der Waals surface area (Å²) < 4.78 is 12.6. The van der Waals surface area contributed by atoms with Crippen LogP contribution in [0, 0.1) is 0 Å². The molecule has 88 valence electrons. The molecule has 1 heterocycles. The third kappa shape index (κ3) is 3.68. The molecule has 0 saturated heterocycles. The first-order valence-electron chi connectivity index (χ1n) is 4.74. The minimum Gasteiger partial charge on any atom is -0.480 e. The van der Waals surface area contributed by atoms with E-state index in [2.05, 4.69) is 20.9 Å². The minimum absolute atomic E-state index is 0.219. The number of pyridine rings is 1. The summed E-state index contributed by atoms with van der Waals surface area (Å²) in [5.41, 5.74) is 0.771. The molecule has 0 bridgehead atoms. The van der Waals surface area contributed by atoms with Crippen molar-refractivity contribution >= 4 is 32.7 Å². The van der Waals surface area contributed by atoms with Crippen LogP contribution < -0.4 is 0 Å². The summed E-state index contributed by atoms with van der Waals surface area (Å²) >= 11 is 3.26. The van der Waals surface area contributed by atoms with E-state index in [1.54, 1.807) is 25.4 Å². The van der Waals surface area contributed by atoms with Crippen molar-refractivity contribution in [1.82, 2.24) is 4.98 Å². The van der Waals surface area contributed by atoms with Crippen LogP contribution in [-0.2, 0) is 21.3 Å². The fourth-order valence-corrected chi connectivity index (χ4v) is 2.97. The lowest BCUT2D eigenvalue weighted by Crippen LogP contribution is -2.25. The Bertz CT molecular complexity index is 411. The average Bonchev–Trinajstić information content (AvgIpc) is 2.17. The number of carbonyl (C=O) groups is 1. The maximum atomic E-state index is 11.8. The third-order valence-electron chi connectivity index (χ3n) is 2.03. The molecular formula is C10H12BrNO3S. The van der Waals surface area contributed by atoms with Gasteiger partial charge < -0.3 is 5.11 Å². The van der Waals surface area contributed by atoms with E-state index < -0.39 is 22.0 Å². The number of nitrogens with zero attached hydrogens (tertiary/aromatic N) is 1. The molecule has 6 heteroatoms. The maximum absolute atomic E-state index is 11.8. The van der Waals surface area contributed by atoms with E-state index in [4.69, 9.17) is 5.11 Å². The van der Waals surface area contributed by atoms with Crippen molar-refractivity contribution in [1.29, 1.82) is 0 Å². The number of carboxylic acid groups (broad SMARTS) is 1. The molecule has 0 fully saturated rings. The van der Waals surface area contributed by atoms with E-state index in [1.807, 2.05) is 0 Å². The molecule has 4 nitrogen and oxygen atoms in total. The molecule has 0 aromatic carbocycles. The predicted molar refractivity (Wildman–Crippen MR) is 65.5 cm³/mol. The molecule has 1 aromatic heterocycles. The summed E-state index contributed by atoms with van der Waals surface area (Å²) in [4.78, 5) is 14.7. The summed E-state index contributed by atoms with van der Waals surface area (Å²) in [5.74, 6) is -0.791. The largest absolute Gasteiger partial charge is 0.480 e. The van der Waals surface area contributed by atoms with Gasteiger partial charge in [0.1, 0.15) is 5.25 Å². The Labute approximate surface area is 105 Å². The van der Waals surface area contributed by atoms with Crippen molar-refractivity contribution in [3.63, 3.8) is 0 Å². The molecule has 0 aliphatic carbocycles. The fraction of sp³-hybridized carbons (Fsp3) is 0.400. The van der Waals surface area contributed by atoms with E-state index in [-0.39, 0.29) is 5.75 Å². The monoisotopic (exact) mass is 305 g/mol. The highest BCUT2D eigenvalue weighted by molar-refractivity contribution is 9.10. The van der Waals surface area contributed by atoms with Crippen LogP contribution in [0.3, 0.4) is 0 Å². The van der Waals surface area contributed by atoms with Gasteiger partial charge in [0.15, 0.2) is 0 Å². The Hall–Kier alpha value is -0.750. The highest BCUT2D eigenvalue weighted by Crippen LogP contribution is 2.14. The van der Waals surface area contributed by atoms with Gasteiger partial charge in [0, 0.05) is 27.7 Å². The summed E-state index contributed by atoms with van der Waals surface area (Å²) in [6.45, 7) is 1.72. The molecule has 1 rings (SSSR count). The van der Waals surface area contributed by atoms with E-state index >= 15 is 0 Å². The van der Waals surface area contributed by atoms with Crippen molar-refractivity contribution in [2.45, 2.75) is 24.3 Å². The molecule has 0 spiro atoms. The highest BCUT2D eigenvalue weighted by Gasteiger charge is 2.22. The molecule has 2 atom stereocenters. The molecule has 2 unspecified atom stereocenters. The zero-order valence-electron chi connectivity index (χ0n) is 8.72. The molecule has 1 aromatic rings. The van der Waals surface area contributed by atoms with Crippen LogP contribution in [0.15, 0.2) is 22.9 Å². The highest BCUT2D eigenvalue weighted by atomic mass is 79.9. The first-order chi connectivity index (χ1) is 7.54. The summed E-state index contributed by atoms with van der Waals surface area (Å²) in [6, 6.07) is 1.79. The number of halogens is 1. The number of hydrogen-bond donors (Lipinski definition) is 1. The van der Waals surface area contributed by atoms with Crippen LogP contribution in [0.2, 0.25) is 0 Å². The molecule has 0 radical (unpaired) electrons. The van der Waals surface area contributed by atoms with Gasteiger partial charge in [0.2, 0.25) is 0 Å². The molecule has 0 amide bonds. The SMILES string of the molecule is CCC(C(=O)O)S(=O)Cc1cncc(Br)c1. The van der Waals surface area contributed by atoms with Gasteiger partial charge in [0.25, 0.3) is 0 Å². The van der Waals surface area contributed by atoms with Gasteiger partial charge in [-0.1, -0.05) is 6.92 Å². The van der Waals surface area contributed by atoms with Crippen molar-refractivity contribution in [2.24, 2.45) is 0 Å². The lowest BCUT2D eigenvalue weighted by Gasteiger charge is -2.09. The fourth-order valence-electron chi connectivity index (χ4n) is 1.27.